The maximum atomic E-state index is 12.4. The molecule has 1 fully saturated rings. The summed E-state index contributed by atoms with van der Waals surface area (Å²) in [6.45, 7) is 1.46. The first-order valence-electron chi connectivity index (χ1n) is 6.53. The van der Waals surface area contributed by atoms with E-state index in [4.69, 9.17) is 9.84 Å². The number of ether oxygens (including phenoxy) is 1. The van der Waals surface area contributed by atoms with Crippen molar-refractivity contribution in [2.45, 2.75) is 32.5 Å². The first-order chi connectivity index (χ1) is 9.60. The molecule has 0 spiro atoms. The Labute approximate surface area is 120 Å². The maximum Gasteiger partial charge on any atom is 0.406 e. The number of alkyl halides is 3. The normalized spacial score (nSPS) is 25.7. The van der Waals surface area contributed by atoms with Crippen molar-refractivity contribution in [2.24, 2.45) is 5.41 Å². The molecular formula is C12H19F3N2O4. The van der Waals surface area contributed by atoms with Gasteiger partial charge < -0.3 is 20.1 Å². The average Bonchev–Trinajstić information content (AvgIpc) is 2.70. The molecule has 1 rings (SSSR count). The molecule has 0 aromatic heterocycles. The third kappa shape index (κ3) is 4.48. The minimum atomic E-state index is -4.51. The van der Waals surface area contributed by atoms with E-state index in [-0.39, 0.29) is 19.8 Å². The summed E-state index contributed by atoms with van der Waals surface area (Å²) in [6.07, 6.45) is -4.14. The van der Waals surface area contributed by atoms with Gasteiger partial charge in [0.1, 0.15) is 12.0 Å². The number of nitrogens with one attached hydrogen (secondary N) is 1. The van der Waals surface area contributed by atoms with Crippen LogP contribution >= 0.6 is 0 Å². The largest absolute Gasteiger partial charge is 0.481 e. The second kappa shape index (κ2) is 6.50. The fourth-order valence-electron chi connectivity index (χ4n) is 2.06. The lowest BCUT2D eigenvalue weighted by molar-refractivity contribution is -0.149. The second-order valence-corrected chi connectivity index (χ2v) is 5.28. The van der Waals surface area contributed by atoms with Crippen LogP contribution in [0.1, 0.15) is 20.3 Å². The molecule has 1 saturated heterocycles. The first kappa shape index (κ1) is 17.5. The predicted molar refractivity (Wildman–Crippen MR) is 66.8 cm³/mol. The van der Waals surface area contributed by atoms with Crippen LogP contribution in [0.2, 0.25) is 0 Å². The minimum absolute atomic E-state index is 0.0411. The Morgan fingerprint density at radius 2 is 2.10 bits per heavy atom. The summed E-state index contributed by atoms with van der Waals surface area (Å²) in [4.78, 5) is 23.8. The Morgan fingerprint density at radius 3 is 2.57 bits per heavy atom. The molecule has 9 heteroatoms. The lowest BCUT2D eigenvalue weighted by atomic mass is 9.85. The van der Waals surface area contributed by atoms with Crippen LogP contribution in [0.5, 0.6) is 0 Å². The number of carbonyl (C=O) groups is 2. The summed E-state index contributed by atoms with van der Waals surface area (Å²) in [5.74, 6) is -1.16. The minimum Gasteiger partial charge on any atom is -0.481 e. The highest BCUT2D eigenvalue weighted by Crippen LogP contribution is 2.29. The van der Waals surface area contributed by atoms with Crippen molar-refractivity contribution in [3.63, 3.8) is 0 Å². The zero-order valence-corrected chi connectivity index (χ0v) is 11.9. The van der Waals surface area contributed by atoms with E-state index >= 15 is 0 Å². The van der Waals surface area contributed by atoms with Gasteiger partial charge in [0.15, 0.2) is 0 Å². The number of hydrogen-bond acceptors (Lipinski definition) is 3. The molecular weight excluding hydrogens is 293 g/mol. The molecule has 0 saturated carbocycles. The van der Waals surface area contributed by atoms with Crippen LogP contribution in [0, 0.1) is 5.41 Å². The van der Waals surface area contributed by atoms with E-state index in [1.807, 2.05) is 0 Å². The fraction of sp³-hybridized carbons (Fsp3) is 0.833. The molecule has 122 valence electrons. The monoisotopic (exact) mass is 312 g/mol. The van der Waals surface area contributed by atoms with Crippen LogP contribution in [0.3, 0.4) is 0 Å². The van der Waals surface area contributed by atoms with Crippen molar-refractivity contribution < 1.29 is 32.6 Å². The van der Waals surface area contributed by atoms with Crippen molar-refractivity contribution in [3.05, 3.63) is 0 Å². The molecule has 0 bridgehead atoms. The molecule has 0 aliphatic carbocycles. The summed E-state index contributed by atoms with van der Waals surface area (Å²) in [7, 11) is 0. The quantitative estimate of drug-likeness (QED) is 0.805. The van der Waals surface area contributed by atoms with Gasteiger partial charge in [-0.2, -0.15) is 13.2 Å². The number of rotatable bonds is 5. The molecule has 21 heavy (non-hydrogen) atoms. The molecule has 2 amide bonds. The van der Waals surface area contributed by atoms with Gasteiger partial charge in [-0.05, 0) is 13.3 Å². The van der Waals surface area contributed by atoms with Gasteiger partial charge in [-0.1, -0.05) is 6.92 Å². The van der Waals surface area contributed by atoms with Gasteiger partial charge in [0.05, 0.1) is 19.3 Å². The van der Waals surface area contributed by atoms with E-state index in [0.29, 0.717) is 11.3 Å². The standard InChI is InChI=1S/C12H19F3N2O4/c1-3-4-17(6-12(13,14)15)10(20)16-8-5-21-7-11(8,2)9(18)19/h8H,3-7H2,1-2H3,(H,16,20)(H,18,19). The smallest absolute Gasteiger partial charge is 0.406 e. The van der Waals surface area contributed by atoms with Gasteiger partial charge in [-0.3, -0.25) is 4.79 Å². The molecule has 1 heterocycles. The summed E-state index contributed by atoms with van der Waals surface area (Å²) in [5, 5.41) is 11.5. The van der Waals surface area contributed by atoms with Gasteiger partial charge >= 0.3 is 18.2 Å². The first-order valence-corrected chi connectivity index (χ1v) is 6.53. The van der Waals surface area contributed by atoms with E-state index in [1.165, 1.54) is 6.92 Å². The van der Waals surface area contributed by atoms with E-state index in [2.05, 4.69) is 5.32 Å². The number of carboxylic acids is 1. The van der Waals surface area contributed by atoms with Crippen molar-refractivity contribution in [1.29, 1.82) is 0 Å². The summed E-state index contributed by atoms with van der Waals surface area (Å²) in [6, 6.07) is -1.80. The van der Waals surface area contributed by atoms with Crippen molar-refractivity contribution in [2.75, 3.05) is 26.3 Å². The molecule has 6 nitrogen and oxygen atoms in total. The number of carboxylic acid groups (broad SMARTS) is 1. The number of carbonyl (C=O) groups excluding carboxylic acids is 1. The molecule has 2 atom stereocenters. The number of urea groups is 1. The summed E-state index contributed by atoms with van der Waals surface area (Å²) >= 11 is 0. The lowest BCUT2D eigenvalue weighted by Crippen LogP contribution is -2.54. The topological polar surface area (TPSA) is 78.9 Å². The van der Waals surface area contributed by atoms with Gasteiger partial charge in [0.2, 0.25) is 0 Å². The van der Waals surface area contributed by atoms with Gasteiger partial charge in [0, 0.05) is 6.54 Å². The Morgan fingerprint density at radius 1 is 1.48 bits per heavy atom. The number of aliphatic carboxylic acids is 1. The lowest BCUT2D eigenvalue weighted by Gasteiger charge is -2.29. The third-order valence-electron chi connectivity index (χ3n) is 3.39. The predicted octanol–water partition coefficient (Wildman–Crippen LogP) is 1.46. The van der Waals surface area contributed by atoms with E-state index in [9.17, 15) is 22.8 Å². The zero-order chi connectivity index (χ0) is 16.3. The number of halogens is 3. The van der Waals surface area contributed by atoms with E-state index in [1.54, 1.807) is 6.92 Å². The SMILES string of the molecule is CCCN(CC(F)(F)F)C(=O)NC1COCC1(C)C(=O)O. The zero-order valence-electron chi connectivity index (χ0n) is 11.9. The Kier molecular flexibility index (Phi) is 5.43. The molecule has 1 aliphatic rings. The van der Waals surface area contributed by atoms with Gasteiger partial charge in [-0.25, -0.2) is 4.79 Å². The maximum absolute atomic E-state index is 12.4. The number of nitrogens with zero attached hydrogens (tertiary/aromatic N) is 1. The van der Waals surface area contributed by atoms with Crippen LogP contribution in [0.4, 0.5) is 18.0 Å². The average molecular weight is 312 g/mol. The number of amides is 2. The van der Waals surface area contributed by atoms with Gasteiger partial charge in [0.25, 0.3) is 0 Å². The highest BCUT2D eigenvalue weighted by atomic mass is 19.4. The van der Waals surface area contributed by atoms with E-state index in [0.717, 1.165) is 0 Å². The van der Waals surface area contributed by atoms with Crippen LogP contribution in [0.25, 0.3) is 0 Å². The molecule has 2 unspecified atom stereocenters. The second-order valence-electron chi connectivity index (χ2n) is 5.28. The molecule has 2 N–H and O–H groups in total. The Balaban J connectivity index is 2.75. The van der Waals surface area contributed by atoms with Crippen LogP contribution in [0.15, 0.2) is 0 Å². The Bertz CT molecular complexity index is 402. The fourth-order valence-corrected chi connectivity index (χ4v) is 2.06. The number of hydrogen-bond donors (Lipinski definition) is 2. The van der Waals surface area contributed by atoms with Crippen molar-refractivity contribution in [1.82, 2.24) is 10.2 Å². The highest BCUT2D eigenvalue weighted by molar-refractivity contribution is 5.79. The molecule has 0 aromatic rings. The van der Waals surface area contributed by atoms with E-state index < -0.39 is 36.2 Å². The van der Waals surface area contributed by atoms with Crippen LogP contribution in [-0.2, 0) is 9.53 Å². The molecule has 0 aromatic carbocycles. The van der Waals surface area contributed by atoms with Crippen molar-refractivity contribution >= 4 is 12.0 Å². The summed E-state index contributed by atoms with van der Waals surface area (Å²) in [5.41, 5.74) is -1.34. The molecule has 1 aliphatic heterocycles. The highest BCUT2D eigenvalue weighted by Gasteiger charge is 2.48. The van der Waals surface area contributed by atoms with Crippen LogP contribution < -0.4 is 5.32 Å². The Hall–Kier alpha value is -1.51. The van der Waals surface area contributed by atoms with Gasteiger partial charge in [-0.15, -0.1) is 0 Å². The van der Waals surface area contributed by atoms with Crippen molar-refractivity contribution in [3.8, 4) is 0 Å². The molecule has 0 radical (unpaired) electrons. The van der Waals surface area contributed by atoms with Crippen LogP contribution in [-0.4, -0.2) is 60.5 Å². The summed E-state index contributed by atoms with van der Waals surface area (Å²) < 4.78 is 42.4. The third-order valence-corrected chi connectivity index (χ3v) is 3.39.